The Labute approximate surface area is 113 Å². The minimum Gasteiger partial charge on any atom is -0.394 e. The van der Waals surface area contributed by atoms with Gasteiger partial charge >= 0.3 is 10.4 Å². The molecule has 3 unspecified atom stereocenters. The number of aliphatic hydroxyl groups excluding tert-OH is 5. The molecule has 1 aliphatic heterocycles. The maximum atomic E-state index is 10.7. The minimum atomic E-state index is -5.30. The number of rotatable bonds is 6. The monoisotopic (exact) mass is 320 g/mol. The first kappa shape index (κ1) is 17.6. The average molecular weight is 320 g/mol. The summed E-state index contributed by atoms with van der Waals surface area (Å²) in [5, 5.41) is 56.2. The Morgan fingerprint density at radius 1 is 1.25 bits per heavy atom. The van der Waals surface area contributed by atoms with Crippen molar-refractivity contribution in [3.63, 3.8) is 0 Å². The summed E-state index contributed by atoms with van der Waals surface area (Å²) in [6.07, 6.45) is -9.42. The SMILES string of the molecule is O=S(=O)(O)OC(O)(C(O)CO)C1O[C@H](CO)[C@@H](O)[C@H]1O. The van der Waals surface area contributed by atoms with Crippen LogP contribution in [0.25, 0.3) is 0 Å². The lowest BCUT2D eigenvalue weighted by Gasteiger charge is -2.35. The topological polar surface area (TPSA) is 194 Å². The van der Waals surface area contributed by atoms with E-state index in [1.165, 1.54) is 0 Å². The van der Waals surface area contributed by atoms with Crippen molar-refractivity contribution in [2.45, 2.75) is 36.3 Å². The lowest BCUT2D eigenvalue weighted by molar-refractivity contribution is -0.281. The summed E-state index contributed by atoms with van der Waals surface area (Å²) in [7, 11) is -5.30. The second-order valence-electron chi connectivity index (χ2n) is 4.22. The molecule has 1 fully saturated rings. The van der Waals surface area contributed by atoms with Gasteiger partial charge in [0.25, 0.3) is 0 Å². The molecule has 120 valence electrons. The molecule has 0 aromatic carbocycles. The van der Waals surface area contributed by atoms with Crippen molar-refractivity contribution in [2.24, 2.45) is 0 Å². The molecule has 1 aliphatic rings. The van der Waals surface area contributed by atoms with Gasteiger partial charge in [0.2, 0.25) is 5.79 Å². The zero-order valence-corrected chi connectivity index (χ0v) is 10.8. The molecule has 0 bridgehead atoms. The summed E-state index contributed by atoms with van der Waals surface area (Å²) in [6.45, 7) is -2.00. The Bertz CT molecular complexity index is 424. The Hall–Kier alpha value is -0.410. The van der Waals surface area contributed by atoms with Crippen molar-refractivity contribution < 1.29 is 52.5 Å². The van der Waals surface area contributed by atoms with Crippen LogP contribution in [-0.2, 0) is 19.3 Å². The quantitative estimate of drug-likeness (QED) is 0.183. The molecule has 0 saturated carbocycles. The van der Waals surface area contributed by atoms with Gasteiger partial charge in [-0.2, -0.15) is 8.42 Å². The first-order chi connectivity index (χ1) is 9.06. The predicted molar refractivity (Wildman–Crippen MR) is 58.4 cm³/mol. The summed E-state index contributed by atoms with van der Waals surface area (Å²) >= 11 is 0. The third-order valence-corrected chi connectivity index (χ3v) is 3.32. The highest BCUT2D eigenvalue weighted by Crippen LogP contribution is 2.33. The molecular formula is C8H16O11S. The summed E-state index contributed by atoms with van der Waals surface area (Å²) < 4.78 is 38.6. The van der Waals surface area contributed by atoms with E-state index < -0.39 is 59.9 Å². The smallest absolute Gasteiger partial charge is 0.394 e. The highest BCUT2D eigenvalue weighted by atomic mass is 32.3. The van der Waals surface area contributed by atoms with Gasteiger partial charge < -0.3 is 35.4 Å². The van der Waals surface area contributed by atoms with Crippen molar-refractivity contribution in [1.82, 2.24) is 0 Å². The van der Waals surface area contributed by atoms with Crippen molar-refractivity contribution in [2.75, 3.05) is 13.2 Å². The number of hydrogen-bond donors (Lipinski definition) is 7. The summed E-state index contributed by atoms with van der Waals surface area (Å²) in [6, 6.07) is 0. The van der Waals surface area contributed by atoms with Gasteiger partial charge in [-0.15, -0.1) is 0 Å². The van der Waals surface area contributed by atoms with Gasteiger partial charge in [-0.25, -0.2) is 4.18 Å². The second-order valence-corrected chi connectivity index (χ2v) is 5.24. The largest absolute Gasteiger partial charge is 0.400 e. The highest BCUT2D eigenvalue weighted by Gasteiger charge is 2.58. The zero-order chi connectivity index (χ0) is 15.7. The zero-order valence-electron chi connectivity index (χ0n) is 9.97. The molecule has 7 N–H and O–H groups in total. The fourth-order valence-electron chi connectivity index (χ4n) is 1.83. The maximum absolute atomic E-state index is 10.7. The Morgan fingerprint density at radius 3 is 2.15 bits per heavy atom. The van der Waals surface area contributed by atoms with Crippen LogP contribution in [0.3, 0.4) is 0 Å². The highest BCUT2D eigenvalue weighted by molar-refractivity contribution is 7.80. The summed E-state index contributed by atoms with van der Waals surface area (Å²) in [4.78, 5) is 0. The van der Waals surface area contributed by atoms with Gasteiger partial charge in [-0.05, 0) is 0 Å². The molecule has 0 aromatic rings. The standard InChI is InChI=1S/C8H16O11S/c9-1-3-5(12)6(13)7(18-3)8(14,4(11)2-10)19-20(15,16)17/h3-7,9-14H,1-2H2,(H,15,16,17)/t3-,4?,5-,6-,7?,8?/m1/s1. The molecule has 1 heterocycles. The normalized spacial score (nSPS) is 35.8. The van der Waals surface area contributed by atoms with Gasteiger partial charge in [0, 0.05) is 0 Å². The molecular weight excluding hydrogens is 304 g/mol. The summed E-state index contributed by atoms with van der Waals surface area (Å²) in [5.74, 6) is -3.27. The van der Waals surface area contributed by atoms with E-state index >= 15 is 0 Å². The van der Waals surface area contributed by atoms with Crippen LogP contribution in [0.4, 0.5) is 0 Å². The van der Waals surface area contributed by atoms with E-state index in [0.717, 1.165) is 0 Å². The van der Waals surface area contributed by atoms with Gasteiger partial charge in [0.05, 0.1) is 13.2 Å². The molecule has 12 heteroatoms. The van der Waals surface area contributed by atoms with Crippen molar-refractivity contribution in [1.29, 1.82) is 0 Å². The molecule has 1 saturated heterocycles. The van der Waals surface area contributed by atoms with E-state index in [0.29, 0.717) is 0 Å². The summed E-state index contributed by atoms with van der Waals surface area (Å²) in [5.41, 5.74) is 0. The molecule has 0 radical (unpaired) electrons. The fourth-order valence-corrected chi connectivity index (χ4v) is 2.38. The molecule has 20 heavy (non-hydrogen) atoms. The Balaban J connectivity index is 3.12. The number of hydrogen-bond acceptors (Lipinski definition) is 10. The molecule has 0 aromatic heterocycles. The Kier molecular flexibility index (Phi) is 5.42. The van der Waals surface area contributed by atoms with Crippen molar-refractivity contribution in [3.05, 3.63) is 0 Å². The minimum absolute atomic E-state index is 0.786. The molecule has 1 rings (SSSR count). The lowest BCUT2D eigenvalue weighted by Crippen LogP contribution is -2.60. The van der Waals surface area contributed by atoms with Crippen LogP contribution in [0.5, 0.6) is 0 Å². The van der Waals surface area contributed by atoms with E-state index in [4.69, 9.17) is 19.5 Å². The first-order valence-corrected chi connectivity index (χ1v) is 6.75. The number of aliphatic hydroxyl groups is 6. The van der Waals surface area contributed by atoms with Crippen LogP contribution in [0.2, 0.25) is 0 Å². The van der Waals surface area contributed by atoms with E-state index in [-0.39, 0.29) is 0 Å². The molecule has 0 aliphatic carbocycles. The van der Waals surface area contributed by atoms with Gasteiger partial charge in [0.15, 0.2) is 0 Å². The van der Waals surface area contributed by atoms with E-state index in [1.54, 1.807) is 0 Å². The van der Waals surface area contributed by atoms with Crippen LogP contribution >= 0.6 is 0 Å². The van der Waals surface area contributed by atoms with Gasteiger partial charge in [-0.3, -0.25) is 4.55 Å². The lowest BCUT2D eigenvalue weighted by atomic mass is 9.97. The van der Waals surface area contributed by atoms with Crippen LogP contribution in [-0.4, -0.2) is 93.1 Å². The first-order valence-electron chi connectivity index (χ1n) is 5.38. The van der Waals surface area contributed by atoms with E-state index in [9.17, 15) is 28.8 Å². The molecule has 6 atom stereocenters. The van der Waals surface area contributed by atoms with Crippen LogP contribution < -0.4 is 0 Å². The van der Waals surface area contributed by atoms with Crippen LogP contribution in [0.1, 0.15) is 0 Å². The van der Waals surface area contributed by atoms with Crippen molar-refractivity contribution in [3.8, 4) is 0 Å². The fraction of sp³-hybridized carbons (Fsp3) is 1.00. The van der Waals surface area contributed by atoms with Crippen LogP contribution in [0, 0.1) is 0 Å². The van der Waals surface area contributed by atoms with Crippen molar-refractivity contribution >= 4 is 10.4 Å². The Morgan fingerprint density at radius 2 is 1.80 bits per heavy atom. The van der Waals surface area contributed by atoms with Gasteiger partial charge in [-0.1, -0.05) is 0 Å². The van der Waals surface area contributed by atoms with Gasteiger partial charge in [0.1, 0.15) is 30.5 Å². The molecule has 11 nitrogen and oxygen atoms in total. The molecule has 0 amide bonds. The average Bonchev–Trinajstić information content (AvgIpc) is 2.63. The third kappa shape index (κ3) is 3.43. The second kappa shape index (κ2) is 6.15. The van der Waals surface area contributed by atoms with E-state index in [2.05, 4.69) is 4.18 Å². The van der Waals surface area contributed by atoms with E-state index in [1.807, 2.05) is 0 Å². The maximum Gasteiger partial charge on any atom is 0.400 e. The molecule has 0 spiro atoms. The van der Waals surface area contributed by atoms with Crippen LogP contribution in [0.15, 0.2) is 0 Å². The third-order valence-electron chi connectivity index (χ3n) is 2.84. The number of ether oxygens (including phenoxy) is 1. The predicted octanol–water partition coefficient (Wildman–Crippen LogP) is -4.67.